The van der Waals surface area contributed by atoms with Gasteiger partial charge in [0.05, 0.1) is 6.04 Å². The van der Waals surface area contributed by atoms with E-state index < -0.39 is 0 Å². The number of anilines is 2. The lowest BCUT2D eigenvalue weighted by molar-refractivity contribution is 0.849. The molecule has 148 valence electrons. The second-order valence-electron chi connectivity index (χ2n) is 7.01. The van der Waals surface area contributed by atoms with Gasteiger partial charge in [0.2, 0.25) is 5.95 Å². The van der Waals surface area contributed by atoms with Gasteiger partial charge >= 0.3 is 0 Å². The zero-order valence-electron chi connectivity index (χ0n) is 16.4. The molecule has 0 radical (unpaired) electrons. The van der Waals surface area contributed by atoms with E-state index in [4.69, 9.17) is 11.6 Å². The molecule has 0 bridgehead atoms. The number of hydrogen-bond acceptors (Lipinski definition) is 5. The summed E-state index contributed by atoms with van der Waals surface area (Å²) in [5.41, 5.74) is 3.25. The van der Waals surface area contributed by atoms with Gasteiger partial charge in [-0.2, -0.15) is 9.50 Å². The van der Waals surface area contributed by atoms with Crippen molar-refractivity contribution in [1.82, 2.24) is 19.6 Å². The predicted octanol–water partition coefficient (Wildman–Crippen LogP) is 4.91. The zero-order valence-corrected chi connectivity index (χ0v) is 17.2. The molecule has 1 atom stereocenters. The average Bonchev–Trinajstić information content (AvgIpc) is 3.11. The minimum Gasteiger partial charge on any atom is -0.370 e. The molecule has 4 aromatic rings. The normalized spacial score (nSPS) is 12.1. The van der Waals surface area contributed by atoms with Crippen LogP contribution in [0, 0.1) is 6.92 Å². The molecule has 0 unspecified atom stereocenters. The smallest absolute Gasteiger partial charge is 0.256 e. The van der Waals surface area contributed by atoms with E-state index in [1.54, 1.807) is 4.52 Å². The molecule has 0 spiro atoms. The van der Waals surface area contributed by atoms with Crippen LogP contribution in [0.2, 0.25) is 5.02 Å². The van der Waals surface area contributed by atoms with Gasteiger partial charge in [-0.15, -0.1) is 5.10 Å². The first kappa shape index (κ1) is 19.2. The second-order valence-corrected chi connectivity index (χ2v) is 7.45. The fraction of sp³-hybridized carbons (Fsp3) is 0.227. The molecule has 0 fully saturated rings. The molecule has 0 aliphatic carbocycles. The lowest BCUT2D eigenvalue weighted by Crippen LogP contribution is -2.10. The van der Waals surface area contributed by atoms with Gasteiger partial charge < -0.3 is 10.6 Å². The van der Waals surface area contributed by atoms with Gasteiger partial charge in [-0.25, -0.2) is 4.98 Å². The van der Waals surface area contributed by atoms with E-state index in [1.165, 1.54) is 5.56 Å². The number of aromatic nitrogens is 4. The van der Waals surface area contributed by atoms with Crippen molar-refractivity contribution in [2.45, 2.75) is 26.3 Å². The van der Waals surface area contributed by atoms with Crippen molar-refractivity contribution in [3.8, 4) is 0 Å². The molecular formula is C22H23ClN6. The Labute approximate surface area is 175 Å². The van der Waals surface area contributed by atoms with E-state index in [-0.39, 0.29) is 6.04 Å². The maximum absolute atomic E-state index is 6.11. The molecule has 2 aromatic carbocycles. The summed E-state index contributed by atoms with van der Waals surface area (Å²) in [6.07, 6.45) is 0.926. The van der Waals surface area contributed by atoms with Crippen LogP contribution in [0.25, 0.3) is 5.78 Å². The number of rotatable bonds is 7. The summed E-state index contributed by atoms with van der Waals surface area (Å²) in [4.78, 5) is 9.05. The number of benzene rings is 2. The first-order valence-electron chi connectivity index (χ1n) is 9.63. The van der Waals surface area contributed by atoms with Crippen LogP contribution in [0.3, 0.4) is 0 Å². The first-order valence-corrected chi connectivity index (χ1v) is 10.0. The van der Waals surface area contributed by atoms with Gasteiger partial charge in [-0.3, -0.25) is 0 Å². The summed E-state index contributed by atoms with van der Waals surface area (Å²) in [6.45, 7) is 4.80. The molecule has 29 heavy (non-hydrogen) atoms. The monoisotopic (exact) mass is 406 g/mol. The third kappa shape index (κ3) is 4.66. The van der Waals surface area contributed by atoms with Crippen molar-refractivity contribution in [1.29, 1.82) is 0 Å². The average molecular weight is 407 g/mol. The van der Waals surface area contributed by atoms with Crippen molar-refractivity contribution in [2.24, 2.45) is 0 Å². The standard InChI is InChI=1S/C22H23ClN6/c1-15-13-20(24-12-11-17-7-4-3-5-8-17)29-22(25-15)27-21(28-29)26-16(2)18-9-6-10-19(23)14-18/h3-10,13-14,16,24H,11-12H2,1-2H3,(H,26,28)/t16-/m1/s1. The van der Waals surface area contributed by atoms with Gasteiger partial charge in [0, 0.05) is 23.3 Å². The number of nitrogens with one attached hydrogen (secondary N) is 2. The van der Waals surface area contributed by atoms with Crippen molar-refractivity contribution in [2.75, 3.05) is 17.2 Å². The third-order valence-corrected chi connectivity index (χ3v) is 4.93. The molecule has 0 aliphatic heterocycles. The molecule has 0 saturated carbocycles. The third-order valence-electron chi connectivity index (χ3n) is 4.70. The maximum atomic E-state index is 6.11. The van der Waals surface area contributed by atoms with E-state index in [2.05, 4.69) is 56.9 Å². The fourth-order valence-electron chi connectivity index (χ4n) is 3.21. The highest BCUT2D eigenvalue weighted by molar-refractivity contribution is 6.30. The molecule has 0 amide bonds. The number of hydrogen-bond donors (Lipinski definition) is 2. The molecular weight excluding hydrogens is 384 g/mol. The summed E-state index contributed by atoms with van der Waals surface area (Å²) in [7, 11) is 0. The van der Waals surface area contributed by atoms with Crippen LogP contribution in [0.4, 0.5) is 11.8 Å². The van der Waals surface area contributed by atoms with Gasteiger partial charge in [0.15, 0.2) is 0 Å². The van der Waals surface area contributed by atoms with Crippen LogP contribution in [-0.4, -0.2) is 26.1 Å². The lowest BCUT2D eigenvalue weighted by Gasteiger charge is -2.12. The summed E-state index contributed by atoms with van der Waals surface area (Å²) < 4.78 is 1.74. The Balaban J connectivity index is 1.51. The SMILES string of the molecule is Cc1cc(NCCc2ccccc2)n2nc(N[C@H](C)c3cccc(Cl)c3)nc2n1. The number of halogens is 1. The number of aryl methyl sites for hydroxylation is 1. The molecule has 2 N–H and O–H groups in total. The summed E-state index contributed by atoms with van der Waals surface area (Å²) in [5.74, 6) is 1.97. The zero-order chi connectivity index (χ0) is 20.2. The Morgan fingerprint density at radius 3 is 2.66 bits per heavy atom. The van der Waals surface area contributed by atoms with Crippen LogP contribution in [0.15, 0.2) is 60.7 Å². The highest BCUT2D eigenvalue weighted by atomic mass is 35.5. The minimum atomic E-state index is 0.0155. The minimum absolute atomic E-state index is 0.0155. The van der Waals surface area contributed by atoms with Crippen molar-refractivity contribution >= 4 is 29.1 Å². The van der Waals surface area contributed by atoms with Crippen LogP contribution in [0.1, 0.15) is 29.8 Å². The van der Waals surface area contributed by atoms with Gasteiger partial charge in [-0.05, 0) is 43.5 Å². The summed E-state index contributed by atoms with van der Waals surface area (Å²) in [6, 6.07) is 20.2. The van der Waals surface area contributed by atoms with Crippen molar-refractivity contribution in [3.05, 3.63) is 82.5 Å². The first-order chi connectivity index (χ1) is 14.1. The predicted molar refractivity (Wildman–Crippen MR) is 118 cm³/mol. The molecule has 4 rings (SSSR count). The quantitative estimate of drug-likeness (QED) is 0.456. The lowest BCUT2D eigenvalue weighted by atomic mass is 10.1. The largest absolute Gasteiger partial charge is 0.370 e. The Kier molecular flexibility index (Phi) is 5.62. The van der Waals surface area contributed by atoms with E-state index in [1.807, 2.05) is 43.3 Å². The molecule has 2 aromatic heterocycles. The molecule has 6 nitrogen and oxygen atoms in total. The number of fused-ring (bicyclic) bond motifs is 1. The van der Waals surface area contributed by atoms with Gasteiger partial charge in [0.25, 0.3) is 5.78 Å². The summed E-state index contributed by atoms with van der Waals surface area (Å²) in [5, 5.41) is 12.1. The van der Waals surface area contributed by atoms with Crippen LogP contribution in [0.5, 0.6) is 0 Å². The Bertz CT molecular complexity index is 1110. The highest BCUT2D eigenvalue weighted by Gasteiger charge is 2.13. The van der Waals surface area contributed by atoms with Gasteiger partial charge in [0.1, 0.15) is 5.82 Å². The van der Waals surface area contributed by atoms with Crippen LogP contribution < -0.4 is 10.6 Å². The Morgan fingerprint density at radius 1 is 1.03 bits per heavy atom. The molecule has 7 heteroatoms. The maximum Gasteiger partial charge on any atom is 0.256 e. The molecule has 0 aliphatic rings. The second kappa shape index (κ2) is 8.49. The van der Waals surface area contributed by atoms with Gasteiger partial charge in [-0.1, -0.05) is 54.1 Å². The van der Waals surface area contributed by atoms with Crippen molar-refractivity contribution in [3.63, 3.8) is 0 Å². The summed E-state index contributed by atoms with van der Waals surface area (Å²) >= 11 is 6.11. The van der Waals surface area contributed by atoms with E-state index >= 15 is 0 Å². The van der Waals surface area contributed by atoms with Crippen molar-refractivity contribution < 1.29 is 0 Å². The molecule has 0 saturated heterocycles. The Morgan fingerprint density at radius 2 is 1.86 bits per heavy atom. The Hall–Kier alpha value is -3.12. The van der Waals surface area contributed by atoms with Crippen LogP contribution >= 0.6 is 11.6 Å². The fourth-order valence-corrected chi connectivity index (χ4v) is 3.41. The molecule has 2 heterocycles. The van der Waals surface area contributed by atoms with E-state index in [9.17, 15) is 0 Å². The number of nitrogens with zero attached hydrogens (tertiary/aromatic N) is 4. The van der Waals surface area contributed by atoms with E-state index in [0.29, 0.717) is 16.7 Å². The van der Waals surface area contributed by atoms with Crippen LogP contribution in [-0.2, 0) is 6.42 Å². The van der Waals surface area contributed by atoms with E-state index in [0.717, 1.165) is 30.0 Å². The topological polar surface area (TPSA) is 67.1 Å². The highest BCUT2D eigenvalue weighted by Crippen LogP contribution is 2.21.